The van der Waals surface area contributed by atoms with Crippen LogP contribution in [0.25, 0.3) is 0 Å². The number of nitrogens with zero attached hydrogens (tertiary/aromatic N) is 1. The summed E-state index contributed by atoms with van der Waals surface area (Å²) in [6.45, 7) is 0.832. The second kappa shape index (κ2) is 11.8. The first-order valence-electron chi connectivity index (χ1n) is 11.2. The molecule has 10 heteroatoms. The van der Waals surface area contributed by atoms with E-state index >= 15 is 0 Å². The van der Waals surface area contributed by atoms with Crippen LogP contribution in [0.1, 0.15) is 18.4 Å². The Labute approximate surface area is 200 Å². The summed E-state index contributed by atoms with van der Waals surface area (Å²) in [5.41, 5.74) is 1.13. The monoisotopic (exact) mass is 489 g/mol. The van der Waals surface area contributed by atoms with Crippen LogP contribution in [0.4, 0.5) is 0 Å². The molecule has 0 unspecified atom stereocenters. The predicted molar refractivity (Wildman–Crippen MR) is 127 cm³/mol. The first kappa shape index (κ1) is 25.5. The molecule has 0 spiro atoms. The van der Waals surface area contributed by atoms with E-state index in [4.69, 9.17) is 9.47 Å². The summed E-state index contributed by atoms with van der Waals surface area (Å²) in [6.07, 6.45) is 1.48. The van der Waals surface area contributed by atoms with Crippen LogP contribution in [-0.4, -0.2) is 64.9 Å². The molecule has 34 heavy (non-hydrogen) atoms. The lowest BCUT2D eigenvalue weighted by molar-refractivity contribution is -0.129. The van der Waals surface area contributed by atoms with Crippen molar-refractivity contribution < 1.29 is 27.5 Å². The fraction of sp³-hybridized carbons (Fsp3) is 0.417. The van der Waals surface area contributed by atoms with Gasteiger partial charge in [0.25, 0.3) is 0 Å². The Morgan fingerprint density at radius 2 is 1.65 bits per heavy atom. The number of sulfonamides is 1. The molecule has 2 aromatic carbocycles. The number of nitrogens with one attached hydrogen (secondary N) is 2. The molecule has 0 radical (unpaired) electrons. The summed E-state index contributed by atoms with van der Waals surface area (Å²) in [5, 5.41) is 5.46. The third-order valence-electron chi connectivity index (χ3n) is 5.82. The maximum absolute atomic E-state index is 13.0. The highest BCUT2D eigenvalue weighted by atomic mass is 32.2. The molecular weight excluding hydrogens is 458 g/mol. The molecule has 9 nitrogen and oxygen atoms in total. The third kappa shape index (κ3) is 6.48. The minimum atomic E-state index is -3.73. The van der Waals surface area contributed by atoms with Crippen LogP contribution >= 0.6 is 0 Å². The Morgan fingerprint density at radius 3 is 2.29 bits per heavy atom. The average molecular weight is 490 g/mol. The molecule has 1 aliphatic heterocycles. The van der Waals surface area contributed by atoms with E-state index in [0.29, 0.717) is 37.3 Å². The van der Waals surface area contributed by atoms with E-state index in [1.165, 1.54) is 30.7 Å². The zero-order valence-corrected chi connectivity index (χ0v) is 20.3. The Morgan fingerprint density at radius 1 is 0.971 bits per heavy atom. The SMILES string of the molecule is COc1ccc(S(=O)(=O)N2CCC(C(=O)NCC(=O)NCCc3ccccc3)CC2)cc1OC. The summed E-state index contributed by atoms with van der Waals surface area (Å²) in [7, 11) is -0.797. The molecule has 0 aromatic heterocycles. The number of piperidine rings is 1. The van der Waals surface area contributed by atoms with E-state index in [2.05, 4.69) is 10.6 Å². The lowest BCUT2D eigenvalue weighted by atomic mass is 9.97. The van der Waals surface area contributed by atoms with Gasteiger partial charge in [0.15, 0.2) is 11.5 Å². The zero-order chi connectivity index (χ0) is 24.6. The van der Waals surface area contributed by atoms with Crippen molar-refractivity contribution in [1.82, 2.24) is 14.9 Å². The van der Waals surface area contributed by atoms with E-state index < -0.39 is 10.0 Å². The van der Waals surface area contributed by atoms with Crippen LogP contribution in [0.15, 0.2) is 53.4 Å². The van der Waals surface area contributed by atoms with Crippen LogP contribution in [0.3, 0.4) is 0 Å². The zero-order valence-electron chi connectivity index (χ0n) is 19.5. The van der Waals surface area contributed by atoms with Gasteiger partial charge in [0.1, 0.15) is 0 Å². The van der Waals surface area contributed by atoms with Gasteiger partial charge < -0.3 is 20.1 Å². The molecule has 184 valence electrons. The van der Waals surface area contributed by atoms with Crippen molar-refractivity contribution in [3.05, 3.63) is 54.1 Å². The molecule has 2 amide bonds. The smallest absolute Gasteiger partial charge is 0.243 e. The average Bonchev–Trinajstić information content (AvgIpc) is 2.87. The summed E-state index contributed by atoms with van der Waals surface area (Å²) < 4.78 is 37.8. The summed E-state index contributed by atoms with van der Waals surface area (Å²) >= 11 is 0. The second-order valence-electron chi connectivity index (χ2n) is 8.00. The molecule has 0 saturated carbocycles. The van der Waals surface area contributed by atoms with Gasteiger partial charge in [-0.25, -0.2) is 8.42 Å². The number of hydrogen-bond acceptors (Lipinski definition) is 6. The fourth-order valence-electron chi connectivity index (χ4n) is 3.85. The molecule has 0 aliphatic carbocycles. The van der Waals surface area contributed by atoms with E-state index in [1.807, 2.05) is 30.3 Å². The van der Waals surface area contributed by atoms with Gasteiger partial charge in [-0.15, -0.1) is 0 Å². The highest BCUT2D eigenvalue weighted by Gasteiger charge is 2.32. The highest BCUT2D eigenvalue weighted by molar-refractivity contribution is 7.89. The first-order chi connectivity index (χ1) is 16.3. The summed E-state index contributed by atoms with van der Waals surface area (Å²) in [5.74, 6) is -0.0473. The van der Waals surface area contributed by atoms with Gasteiger partial charge in [-0.3, -0.25) is 9.59 Å². The van der Waals surface area contributed by atoms with Crippen molar-refractivity contribution in [3.63, 3.8) is 0 Å². The van der Waals surface area contributed by atoms with Gasteiger partial charge in [0.05, 0.1) is 25.7 Å². The topological polar surface area (TPSA) is 114 Å². The number of carbonyl (C=O) groups excluding carboxylic acids is 2. The molecule has 1 saturated heterocycles. The van der Waals surface area contributed by atoms with Gasteiger partial charge in [0.2, 0.25) is 21.8 Å². The van der Waals surface area contributed by atoms with Gasteiger partial charge in [0, 0.05) is 31.6 Å². The van der Waals surface area contributed by atoms with Crippen LogP contribution in [0.5, 0.6) is 11.5 Å². The molecule has 2 N–H and O–H groups in total. The lowest BCUT2D eigenvalue weighted by Crippen LogP contribution is -2.45. The molecule has 3 rings (SSSR count). The van der Waals surface area contributed by atoms with Crippen molar-refractivity contribution >= 4 is 21.8 Å². The molecule has 0 bridgehead atoms. The van der Waals surface area contributed by atoms with Crippen LogP contribution < -0.4 is 20.1 Å². The summed E-state index contributed by atoms with van der Waals surface area (Å²) in [4.78, 5) is 24.6. The van der Waals surface area contributed by atoms with Gasteiger partial charge in [-0.05, 0) is 37.0 Å². The molecule has 2 aromatic rings. The number of amides is 2. The third-order valence-corrected chi connectivity index (χ3v) is 7.71. The number of carbonyl (C=O) groups is 2. The van der Waals surface area contributed by atoms with Crippen LogP contribution in [0, 0.1) is 5.92 Å². The minimum Gasteiger partial charge on any atom is -0.493 e. The number of ether oxygens (including phenoxy) is 2. The number of hydrogen-bond donors (Lipinski definition) is 2. The molecular formula is C24H31N3O6S. The lowest BCUT2D eigenvalue weighted by Gasteiger charge is -2.30. The van der Waals surface area contributed by atoms with E-state index in [1.54, 1.807) is 6.07 Å². The molecule has 1 fully saturated rings. The number of methoxy groups -OCH3 is 2. The Balaban J connectivity index is 1.44. The number of benzene rings is 2. The van der Waals surface area contributed by atoms with Crippen molar-refractivity contribution in [2.75, 3.05) is 40.4 Å². The Kier molecular flexibility index (Phi) is 8.89. The maximum atomic E-state index is 13.0. The maximum Gasteiger partial charge on any atom is 0.243 e. The van der Waals surface area contributed by atoms with Crippen LogP contribution in [0.2, 0.25) is 0 Å². The van der Waals surface area contributed by atoms with Crippen molar-refractivity contribution in [2.45, 2.75) is 24.2 Å². The summed E-state index contributed by atoms with van der Waals surface area (Å²) in [6, 6.07) is 14.3. The Hall–Kier alpha value is -3.11. The quantitative estimate of drug-likeness (QED) is 0.524. The fourth-order valence-corrected chi connectivity index (χ4v) is 5.34. The first-order valence-corrected chi connectivity index (χ1v) is 12.6. The van der Waals surface area contributed by atoms with Gasteiger partial charge >= 0.3 is 0 Å². The van der Waals surface area contributed by atoms with E-state index in [-0.39, 0.29) is 42.3 Å². The van der Waals surface area contributed by atoms with Crippen LogP contribution in [-0.2, 0) is 26.0 Å². The van der Waals surface area contributed by atoms with E-state index in [9.17, 15) is 18.0 Å². The highest BCUT2D eigenvalue weighted by Crippen LogP contribution is 2.32. The second-order valence-corrected chi connectivity index (χ2v) is 9.94. The molecule has 1 heterocycles. The van der Waals surface area contributed by atoms with Crippen molar-refractivity contribution in [2.24, 2.45) is 5.92 Å². The number of rotatable bonds is 10. The standard InChI is InChI=1S/C24H31N3O6S/c1-32-21-9-8-20(16-22(21)33-2)34(30,31)27-14-11-19(12-15-27)24(29)26-17-23(28)25-13-10-18-6-4-3-5-7-18/h3-9,16,19H,10-15,17H2,1-2H3,(H,25,28)(H,26,29). The van der Waals surface area contributed by atoms with Crippen molar-refractivity contribution in [1.29, 1.82) is 0 Å². The normalized spacial score (nSPS) is 14.9. The minimum absolute atomic E-state index is 0.0994. The van der Waals surface area contributed by atoms with E-state index in [0.717, 1.165) is 5.56 Å². The molecule has 1 aliphatic rings. The Bertz CT molecular complexity index is 1080. The van der Waals surface area contributed by atoms with Crippen molar-refractivity contribution in [3.8, 4) is 11.5 Å². The predicted octanol–water partition coefficient (Wildman–Crippen LogP) is 1.58. The molecule has 0 atom stereocenters. The largest absolute Gasteiger partial charge is 0.493 e. The van der Waals surface area contributed by atoms with Gasteiger partial charge in [-0.1, -0.05) is 30.3 Å². The van der Waals surface area contributed by atoms with Gasteiger partial charge in [-0.2, -0.15) is 4.31 Å².